The Morgan fingerprint density at radius 2 is 2.19 bits per heavy atom. The van der Waals surface area contributed by atoms with Crippen molar-refractivity contribution in [1.29, 1.82) is 0 Å². The van der Waals surface area contributed by atoms with Gasteiger partial charge < -0.3 is 9.84 Å². The number of nitrogens with zero attached hydrogens (tertiary/aromatic N) is 1. The van der Waals surface area contributed by atoms with Gasteiger partial charge in [-0.1, -0.05) is 12.1 Å². The molecule has 1 aliphatic rings. The molecule has 0 saturated carbocycles. The summed E-state index contributed by atoms with van der Waals surface area (Å²) in [6, 6.07) is 6.32. The Balaban J connectivity index is 2.05. The molecular formula is C16H14FNO3. The van der Waals surface area contributed by atoms with E-state index in [1.54, 1.807) is 25.1 Å². The van der Waals surface area contributed by atoms with E-state index in [2.05, 4.69) is 4.98 Å². The Bertz CT molecular complexity index is 728. The summed E-state index contributed by atoms with van der Waals surface area (Å²) < 4.78 is 19.4. The molecule has 0 fully saturated rings. The minimum atomic E-state index is -1.12. The third kappa shape index (κ3) is 2.46. The number of aromatic carboxylic acids is 1. The third-order valence-corrected chi connectivity index (χ3v) is 3.61. The number of hydrogen-bond donors (Lipinski definition) is 1. The number of benzene rings is 1. The van der Waals surface area contributed by atoms with E-state index in [9.17, 15) is 14.3 Å². The SMILES string of the molecule is Cc1cccc(Oc2nc3c(cc2C(=O)O)CCC3)c1F. The first-order chi connectivity index (χ1) is 10.1. The van der Waals surface area contributed by atoms with E-state index >= 15 is 0 Å². The van der Waals surface area contributed by atoms with Crippen molar-refractivity contribution < 1.29 is 19.0 Å². The number of rotatable bonds is 3. The number of aromatic nitrogens is 1. The Morgan fingerprint density at radius 1 is 1.38 bits per heavy atom. The second-order valence-electron chi connectivity index (χ2n) is 5.09. The predicted octanol–water partition coefficient (Wildman–Crippen LogP) is 3.51. The van der Waals surface area contributed by atoms with Crippen LogP contribution in [0.5, 0.6) is 11.6 Å². The van der Waals surface area contributed by atoms with E-state index in [0.717, 1.165) is 30.5 Å². The molecule has 1 aliphatic carbocycles. The summed E-state index contributed by atoms with van der Waals surface area (Å²) in [4.78, 5) is 15.6. The zero-order chi connectivity index (χ0) is 15.0. The standard InChI is InChI=1S/C16H14FNO3/c1-9-4-2-7-13(14(9)17)21-15-11(16(19)20)8-10-5-3-6-12(10)18-15/h2,4,7-8H,3,5-6H2,1H3,(H,19,20). The molecule has 0 bridgehead atoms. The monoisotopic (exact) mass is 287 g/mol. The van der Waals surface area contributed by atoms with Crippen molar-refractivity contribution in [1.82, 2.24) is 4.98 Å². The Hall–Kier alpha value is -2.43. The molecule has 108 valence electrons. The normalized spacial score (nSPS) is 13.0. The van der Waals surface area contributed by atoms with Crippen molar-refractivity contribution in [3.05, 3.63) is 52.5 Å². The molecule has 0 spiro atoms. The van der Waals surface area contributed by atoms with Gasteiger partial charge in [-0.3, -0.25) is 0 Å². The summed E-state index contributed by atoms with van der Waals surface area (Å²) in [5.41, 5.74) is 2.18. The van der Waals surface area contributed by atoms with Crippen LogP contribution in [0.25, 0.3) is 0 Å². The van der Waals surface area contributed by atoms with Crippen molar-refractivity contribution in [2.45, 2.75) is 26.2 Å². The van der Waals surface area contributed by atoms with Crippen LogP contribution in [0.2, 0.25) is 0 Å². The quantitative estimate of drug-likeness (QED) is 0.938. The summed E-state index contributed by atoms with van der Waals surface area (Å²) in [5.74, 6) is -1.69. The lowest BCUT2D eigenvalue weighted by Gasteiger charge is -2.11. The molecule has 21 heavy (non-hydrogen) atoms. The number of halogens is 1. The van der Waals surface area contributed by atoms with Crippen LogP contribution in [-0.2, 0) is 12.8 Å². The zero-order valence-electron chi connectivity index (χ0n) is 11.5. The number of aryl methyl sites for hydroxylation is 3. The highest BCUT2D eigenvalue weighted by Crippen LogP contribution is 2.31. The molecule has 1 heterocycles. The molecular weight excluding hydrogens is 273 g/mol. The molecule has 0 amide bonds. The molecule has 1 aromatic heterocycles. The molecule has 5 heteroatoms. The van der Waals surface area contributed by atoms with Crippen molar-refractivity contribution in [2.75, 3.05) is 0 Å². The first kappa shape index (κ1) is 13.5. The number of ether oxygens (including phenoxy) is 1. The topological polar surface area (TPSA) is 59.4 Å². The molecule has 0 saturated heterocycles. The largest absolute Gasteiger partial charge is 0.477 e. The Morgan fingerprint density at radius 3 is 2.95 bits per heavy atom. The molecule has 2 aromatic rings. The maximum atomic E-state index is 14.0. The lowest BCUT2D eigenvalue weighted by Crippen LogP contribution is -2.05. The van der Waals surface area contributed by atoms with E-state index in [-0.39, 0.29) is 17.2 Å². The van der Waals surface area contributed by atoms with Gasteiger partial charge in [-0.15, -0.1) is 0 Å². The van der Waals surface area contributed by atoms with Gasteiger partial charge in [0.05, 0.1) is 0 Å². The van der Waals surface area contributed by atoms with Crippen LogP contribution in [0, 0.1) is 12.7 Å². The number of carboxylic acids is 1. The van der Waals surface area contributed by atoms with Crippen molar-refractivity contribution in [3.63, 3.8) is 0 Å². The highest BCUT2D eigenvalue weighted by atomic mass is 19.1. The Labute approximate surface area is 121 Å². The zero-order valence-corrected chi connectivity index (χ0v) is 11.5. The van der Waals surface area contributed by atoms with E-state index in [1.807, 2.05) is 0 Å². The van der Waals surface area contributed by atoms with Crippen molar-refractivity contribution >= 4 is 5.97 Å². The molecule has 0 aliphatic heterocycles. The average Bonchev–Trinajstić information content (AvgIpc) is 2.90. The van der Waals surface area contributed by atoms with E-state index < -0.39 is 11.8 Å². The van der Waals surface area contributed by atoms with E-state index in [0.29, 0.717) is 5.56 Å². The van der Waals surface area contributed by atoms with Crippen LogP contribution in [0.4, 0.5) is 4.39 Å². The number of pyridine rings is 1. The smallest absolute Gasteiger partial charge is 0.341 e. The molecule has 1 aromatic carbocycles. The molecule has 1 N–H and O–H groups in total. The second kappa shape index (κ2) is 5.16. The lowest BCUT2D eigenvalue weighted by molar-refractivity contribution is 0.0693. The van der Waals surface area contributed by atoms with Crippen LogP contribution >= 0.6 is 0 Å². The first-order valence-corrected chi connectivity index (χ1v) is 6.75. The molecule has 0 atom stereocenters. The fraction of sp³-hybridized carbons (Fsp3) is 0.250. The Kier molecular flexibility index (Phi) is 3.33. The van der Waals surface area contributed by atoms with Gasteiger partial charge in [0.2, 0.25) is 5.88 Å². The van der Waals surface area contributed by atoms with Gasteiger partial charge in [0.1, 0.15) is 5.56 Å². The molecule has 0 unspecified atom stereocenters. The number of hydrogen-bond acceptors (Lipinski definition) is 3. The van der Waals surface area contributed by atoms with Crippen LogP contribution < -0.4 is 4.74 Å². The van der Waals surface area contributed by atoms with Crippen LogP contribution in [0.1, 0.15) is 33.6 Å². The van der Waals surface area contributed by atoms with Crippen LogP contribution in [0.15, 0.2) is 24.3 Å². The maximum absolute atomic E-state index is 14.0. The van der Waals surface area contributed by atoms with Gasteiger partial charge in [-0.05, 0) is 49.4 Å². The van der Waals surface area contributed by atoms with E-state index in [1.165, 1.54) is 6.07 Å². The van der Waals surface area contributed by atoms with Gasteiger partial charge in [-0.2, -0.15) is 0 Å². The summed E-state index contributed by atoms with van der Waals surface area (Å²) in [7, 11) is 0. The number of carbonyl (C=O) groups is 1. The first-order valence-electron chi connectivity index (χ1n) is 6.75. The van der Waals surface area contributed by atoms with Gasteiger partial charge >= 0.3 is 5.97 Å². The second-order valence-corrected chi connectivity index (χ2v) is 5.09. The van der Waals surface area contributed by atoms with Gasteiger partial charge in [0.25, 0.3) is 0 Å². The predicted molar refractivity (Wildman–Crippen MR) is 74.4 cm³/mol. The van der Waals surface area contributed by atoms with Crippen LogP contribution in [-0.4, -0.2) is 16.1 Å². The average molecular weight is 287 g/mol. The molecule has 0 radical (unpaired) electrons. The fourth-order valence-corrected chi connectivity index (χ4v) is 2.49. The minimum absolute atomic E-state index is 0.0112. The summed E-state index contributed by atoms with van der Waals surface area (Å²) in [5, 5.41) is 9.29. The van der Waals surface area contributed by atoms with Crippen molar-refractivity contribution in [2.24, 2.45) is 0 Å². The van der Waals surface area contributed by atoms with Gasteiger partial charge in [0.15, 0.2) is 11.6 Å². The summed E-state index contributed by atoms with van der Waals surface area (Å²) in [6.45, 7) is 1.62. The molecule has 3 rings (SSSR count). The van der Waals surface area contributed by atoms with Crippen LogP contribution in [0.3, 0.4) is 0 Å². The summed E-state index contributed by atoms with van der Waals surface area (Å²) >= 11 is 0. The number of fused-ring (bicyclic) bond motifs is 1. The fourth-order valence-electron chi connectivity index (χ4n) is 2.49. The summed E-state index contributed by atoms with van der Waals surface area (Å²) in [6.07, 6.45) is 2.56. The third-order valence-electron chi connectivity index (χ3n) is 3.61. The highest BCUT2D eigenvalue weighted by Gasteiger charge is 2.22. The maximum Gasteiger partial charge on any atom is 0.341 e. The minimum Gasteiger partial charge on any atom is -0.477 e. The van der Waals surface area contributed by atoms with Gasteiger partial charge in [-0.25, -0.2) is 14.2 Å². The van der Waals surface area contributed by atoms with Crippen molar-refractivity contribution in [3.8, 4) is 11.6 Å². The number of carboxylic acid groups (broad SMARTS) is 1. The molecule has 4 nitrogen and oxygen atoms in total. The van der Waals surface area contributed by atoms with Gasteiger partial charge in [0, 0.05) is 5.69 Å². The highest BCUT2D eigenvalue weighted by molar-refractivity contribution is 5.90. The lowest BCUT2D eigenvalue weighted by atomic mass is 10.1. The van der Waals surface area contributed by atoms with E-state index in [4.69, 9.17) is 4.74 Å².